The molecule has 0 rings (SSSR count). The van der Waals surface area contributed by atoms with E-state index in [2.05, 4.69) is 154 Å². The predicted octanol–water partition coefficient (Wildman–Crippen LogP) is 22.9. The van der Waals surface area contributed by atoms with Gasteiger partial charge in [-0.15, -0.1) is 0 Å². The zero-order valence-corrected chi connectivity index (χ0v) is 52.0. The van der Waals surface area contributed by atoms with Crippen LogP contribution in [0.25, 0.3) is 0 Å². The summed E-state index contributed by atoms with van der Waals surface area (Å²) in [5.74, 6) is -0.910. The molecule has 80 heavy (non-hydrogen) atoms. The molecule has 0 fully saturated rings. The van der Waals surface area contributed by atoms with Crippen molar-refractivity contribution in [3.63, 3.8) is 0 Å². The van der Waals surface area contributed by atoms with Crippen LogP contribution in [0.2, 0.25) is 0 Å². The van der Waals surface area contributed by atoms with Gasteiger partial charge >= 0.3 is 17.9 Å². The zero-order valence-electron chi connectivity index (χ0n) is 52.0. The number of carbonyl (C=O) groups excluding carboxylic acids is 3. The first-order valence-electron chi connectivity index (χ1n) is 33.2. The SMILES string of the molecule is CC/C=C\C/C=C\C/C=C\C/C=C\C/C=C\C/C=C\C/C=C\CCCCCCCCCCCC(=O)OCC(COC(=O)CCCCCCC/C=C\CCCCCCC)OC(=O)CCCCCCCCC/C=C\C/C=C\C/C=C\CC. The van der Waals surface area contributed by atoms with E-state index in [0.717, 1.165) is 141 Å². The molecule has 0 aliphatic rings. The number of carbonyl (C=O) groups is 3. The van der Waals surface area contributed by atoms with Crippen LogP contribution in [0.5, 0.6) is 0 Å². The van der Waals surface area contributed by atoms with Gasteiger partial charge in [0, 0.05) is 19.3 Å². The van der Waals surface area contributed by atoms with Gasteiger partial charge in [0.25, 0.3) is 0 Å². The van der Waals surface area contributed by atoms with Gasteiger partial charge in [-0.2, -0.15) is 0 Å². The van der Waals surface area contributed by atoms with Gasteiger partial charge in [0.2, 0.25) is 0 Å². The third-order valence-electron chi connectivity index (χ3n) is 13.9. The van der Waals surface area contributed by atoms with Crippen LogP contribution in [-0.2, 0) is 28.6 Å². The van der Waals surface area contributed by atoms with Crippen LogP contribution in [0, 0.1) is 0 Å². The van der Waals surface area contributed by atoms with Gasteiger partial charge in [-0.25, -0.2) is 0 Å². The molecule has 0 aromatic rings. The van der Waals surface area contributed by atoms with E-state index in [9.17, 15) is 14.4 Å². The molecule has 0 aliphatic heterocycles. The van der Waals surface area contributed by atoms with Gasteiger partial charge in [-0.3, -0.25) is 14.4 Å². The second-order valence-corrected chi connectivity index (χ2v) is 21.6. The Labute approximate surface area is 494 Å². The van der Waals surface area contributed by atoms with Gasteiger partial charge in [0.15, 0.2) is 6.10 Å². The highest BCUT2D eigenvalue weighted by Gasteiger charge is 2.19. The molecule has 0 spiro atoms. The van der Waals surface area contributed by atoms with E-state index >= 15 is 0 Å². The summed E-state index contributed by atoms with van der Waals surface area (Å²) in [7, 11) is 0. The van der Waals surface area contributed by atoms with Crippen LogP contribution < -0.4 is 0 Å². The lowest BCUT2D eigenvalue weighted by Gasteiger charge is -2.18. The number of unbranched alkanes of at least 4 members (excludes halogenated alkanes) is 26. The highest BCUT2D eigenvalue weighted by molar-refractivity contribution is 5.71. The maximum atomic E-state index is 12.9. The van der Waals surface area contributed by atoms with Crippen LogP contribution in [0.4, 0.5) is 0 Å². The van der Waals surface area contributed by atoms with Crippen molar-refractivity contribution >= 4 is 17.9 Å². The van der Waals surface area contributed by atoms with E-state index in [-0.39, 0.29) is 31.1 Å². The first-order valence-corrected chi connectivity index (χ1v) is 33.2. The van der Waals surface area contributed by atoms with E-state index in [1.807, 2.05) is 0 Å². The van der Waals surface area contributed by atoms with E-state index in [1.54, 1.807) is 0 Å². The van der Waals surface area contributed by atoms with E-state index in [1.165, 1.54) is 116 Å². The van der Waals surface area contributed by atoms with Crippen molar-refractivity contribution in [1.29, 1.82) is 0 Å². The Morgan fingerprint density at radius 1 is 0.263 bits per heavy atom. The molecule has 1 atom stereocenters. The van der Waals surface area contributed by atoms with Crippen LogP contribution in [0.3, 0.4) is 0 Å². The molecule has 0 N–H and O–H groups in total. The maximum absolute atomic E-state index is 12.9. The summed E-state index contributed by atoms with van der Waals surface area (Å²) in [4.78, 5) is 38.3. The Bertz CT molecular complexity index is 1700. The molecule has 6 heteroatoms. The lowest BCUT2D eigenvalue weighted by molar-refractivity contribution is -0.167. The molecule has 1 unspecified atom stereocenters. The Hall–Kier alpha value is -4.45. The molecule has 0 bridgehead atoms. The number of esters is 3. The molecule has 0 aliphatic carbocycles. The Morgan fingerprint density at radius 3 is 0.775 bits per heavy atom. The molecular formula is C74H122O6. The van der Waals surface area contributed by atoms with Crippen molar-refractivity contribution in [2.45, 2.75) is 303 Å². The fourth-order valence-electron chi connectivity index (χ4n) is 8.96. The molecule has 0 saturated carbocycles. The van der Waals surface area contributed by atoms with Gasteiger partial charge in [0.05, 0.1) is 0 Å². The van der Waals surface area contributed by atoms with Crippen LogP contribution in [0.15, 0.2) is 134 Å². The monoisotopic (exact) mass is 1110 g/mol. The molecule has 0 radical (unpaired) electrons. The summed E-state index contributed by atoms with van der Waals surface area (Å²) in [6.07, 6.45) is 94.6. The highest BCUT2D eigenvalue weighted by atomic mass is 16.6. The predicted molar refractivity (Wildman–Crippen MR) is 348 cm³/mol. The fraction of sp³-hybridized carbons (Fsp3) is 0.662. The van der Waals surface area contributed by atoms with E-state index < -0.39 is 6.10 Å². The molecule has 0 heterocycles. The largest absolute Gasteiger partial charge is 0.462 e. The highest BCUT2D eigenvalue weighted by Crippen LogP contribution is 2.15. The average molecular weight is 1110 g/mol. The Morgan fingerprint density at radius 2 is 0.487 bits per heavy atom. The van der Waals surface area contributed by atoms with Crippen LogP contribution in [0.1, 0.15) is 297 Å². The van der Waals surface area contributed by atoms with Gasteiger partial charge in [-0.05, 0) is 135 Å². The second kappa shape index (κ2) is 67.1. The normalized spacial score (nSPS) is 13.0. The van der Waals surface area contributed by atoms with Crippen molar-refractivity contribution in [2.75, 3.05) is 13.2 Å². The van der Waals surface area contributed by atoms with Crippen molar-refractivity contribution in [2.24, 2.45) is 0 Å². The van der Waals surface area contributed by atoms with Crippen LogP contribution >= 0.6 is 0 Å². The van der Waals surface area contributed by atoms with Gasteiger partial charge < -0.3 is 14.2 Å². The molecule has 0 amide bonds. The van der Waals surface area contributed by atoms with Crippen molar-refractivity contribution in [3.05, 3.63) is 134 Å². The summed E-state index contributed by atoms with van der Waals surface area (Å²) in [5, 5.41) is 0. The smallest absolute Gasteiger partial charge is 0.306 e. The minimum Gasteiger partial charge on any atom is -0.462 e. The molecule has 0 saturated heterocycles. The number of rotatable bonds is 59. The lowest BCUT2D eigenvalue weighted by Crippen LogP contribution is -2.30. The summed E-state index contributed by atoms with van der Waals surface area (Å²) in [5.41, 5.74) is 0. The van der Waals surface area contributed by atoms with Crippen molar-refractivity contribution in [1.82, 2.24) is 0 Å². The third kappa shape index (κ3) is 64.4. The number of ether oxygens (including phenoxy) is 3. The third-order valence-corrected chi connectivity index (χ3v) is 13.9. The first-order chi connectivity index (χ1) is 39.5. The second-order valence-electron chi connectivity index (χ2n) is 21.6. The lowest BCUT2D eigenvalue weighted by atomic mass is 10.1. The molecule has 0 aromatic heterocycles. The fourth-order valence-corrected chi connectivity index (χ4v) is 8.96. The summed E-state index contributed by atoms with van der Waals surface area (Å²) in [6.45, 7) is 6.40. The quantitative estimate of drug-likeness (QED) is 0.0261. The molecule has 454 valence electrons. The van der Waals surface area contributed by atoms with Gasteiger partial charge in [0.1, 0.15) is 13.2 Å². The summed E-state index contributed by atoms with van der Waals surface area (Å²) < 4.78 is 16.9. The Kier molecular flexibility index (Phi) is 63.3. The minimum atomic E-state index is -0.794. The molecule has 0 aromatic carbocycles. The topological polar surface area (TPSA) is 78.9 Å². The Balaban J connectivity index is 4.32. The zero-order chi connectivity index (χ0) is 57.8. The standard InChI is InChI=1S/C74H122O6/c1-4-7-10-13-16-19-22-25-28-30-31-32-33-34-35-36-37-38-39-40-41-42-43-45-46-49-52-55-58-61-64-67-73(76)79-70-71(69-78-72(75)66-63-60-57-54-51-48-27-24-21-18-15-12-9-6-3)80-74(77)68-65-62-59-56-53-50-47-44-29-26-23-20-17-14-11-8-5-2/h7-8,10-11,16-17,19-20,24-29,31-32,34-35,37-38,40-41,71H,4-6,9,12-15,18,21-23,30,33,36,39,42-70H2,1-3H3/b10-7-,11-8-,19-16-,20-17-,27-24-,28-25-,29-26-,32-31-,35-34-,38-37-,41-40-. The average Bonchev–Trinajstić information content (AvgIpc) is 3.46. The summed E-state index contributed by atoms with van der Waals surface area (Å²) >= 11 is 0. The maximum Gasteiger partial charge on any atom is 0.306 e. The van der Waals surface area contributed by atoms with Crippen molar-refractivity contribution < 1.29 is 28.6 Å². The summed E-state index contributed by atoms with van der Waals surface area (Å²) in [6, 6.07) is 0. The molecular weight excluding hydrogens is 985 g/mol. The van der Waals surface area contributed by atoms with E-state index in [4.69, 9.17) is 14.2 Å². The number of hydrogen-bond acceptors (Lipinski definition) is 6. The molecule has 6 nitrogen and oxygen atoms in total. The number of hydrogen-bond donors (Lipinski definition) is 0. The first kappa shape index (κ1) is 75.5. The minimum absolute atomic E-state index is 0.0902. The van der Waals surface area contributed by atoms with Gasteiger partial charge in [-0.1, -0.05) is 276 Å². The van der Waals surface area contributed by atoms with Crippen LogP contribution in [-0.4, -0.2) is 37.2 Å². The van der Waals surface area contributed by atoms with E-state index in [0.29, 0.717) is 19.3 Å². The number of allylic oxidation sites excluding steroid dienone is 22. The van der Waals surface area contributed by atoms with Crippen molar-refractivity contribution in [3.8, 4) is 0 Å².